The van der Waals surface area contributed by atoms with Crippen LogP contribution in [0.4, 0.5) is 0 Å². The van der Waals surface area contributed by atoms with Crippen LogP contribution in [0.1, 0.15) is 44.9 Å². The van der Waals surface area contributed by atoms with Crippen molar-refractivity contribution in [2.24, 2.45) is 34.5 Å². The van der Waals surface area contributed by atoms with Crippen molar-refractivity contribution >= 4 is 18.6 Å². The summed E-state index contributed by atoms with van der Waals surface area (Å²) in [5.41, 5.74) is 0.526. The maximum absolute atomic E-state index is 12.2. The third kappa shape index (κ3) is 1.17. The summed E-state index contributed by atoms with van der Waals surface area (Å²) in [6, 6.07) is 0. The summed E-state index contributed by atoms with van der Waals surface area (Å²) in [4.78, 5) is 12.2. The monoisotopic (exact) mass is 278 g/mol. The number of carbonyl (C=O) groups is 1. The Morgan fingerprint density at radius 3 is 2.58 bits per heavy atom. The smallest absolute Gasteiger partial charge is 0.312 e. The summed E-state index contributed by atoms with van der Waals surface area (Å²) in [5.74, 6) is 3.37. The molecule has 5 rings (SSSR count). The number of hydrogen-bond acceptors (Lipinski definition) is 3. The van der Waals surface area contributed by atoms with Crippen molar-refractivity contribution in [1.29, 1.82) is 0 Å². The van der Waals surface area contributed by atoms with Crippen LogP contribution >= 0.6 is 12.6 Å². The highest BCUT2D eigenvalue weighted by Gasteiger charge is 2.70. The van der Waals surface area contributed by atoms with Gasteiger partial charge in [-0.15, -0.1) is 0 Å². The summed E-state index contributed by atoms with van der Waals surface area (Å²) in [5, 5.41) is 0.643. The SMILES string of the molecule is O=C1OCCC12CC1CC2CC12CC1CC(S)C2C1. The Labute approximate surface area is 120 Å². The molecule has 5 aliphatic rings. The number of hydrogen-bond donors (Lipinski definition) is 1. The van der Waals surface area contributed by atoms with Gasteiger partial charge in [0.1, 0.15) is 0 Å². The number of rotatable bonds is 0. The fourth-order valence-corrected chi connectivity index (χ4v) is 7.74. The molecule has 7 unspecified atom stereocenters. The lowest BCUT2D eigenvalue weighted by Crippen LogP contribution is -2.44. The first-order valence-corrected chi connectivity index (χ1v) is 8.51. The fraction of sp³-hybridized carbons (Fsp3) is 0.938. The van der Waals surface area contributed by atoms with Crippen LogP contribution in [0, 0.1) is 34.5 Å². The topological polar surface area (TPSA) is 26.3 Å². The summed E-state index contributed by atoms with van der Waals surface area (Å²) >= 11 is 4.87. The highest BCUT2D eigenvalue weighted by Crippen LogP contribution is 2.75. The van der Waals surface area contributed by atoms with Gasteiger partial charge >= 0.3 is 5.97 Å². The molecule has 4 bridgehead atoms. The lowest BCUT2D eigenvalue weighted by Gasteiger charge is -2.47. The van der Waals surface area contributed by atoms with E-state index in [1.54, 1.807) is 0 Å². The zero-order chi connectivity index (χ0) is 12.8. The minimum atomic E-state index is -0.0517. The van der Waals surface area contributed by atoms with Crippen molar-refractivity contribution in [2.45, 2.75) is 50.2 Å². The minimum Gasteiger partial charge on any atom is -0.465 e. The Kier molecular flexibility index (Phi) is 2.02. The number of carbonyl (C=O) groups excluding carboxylic acids is 1. The molecule has 19 heavy (non-hydrogen) atoms. The molecule has 0 aromatic carbocycles. The summed E-state index contributed by atoms with van der Waals surface area (Å²) in [6.07, 6.45) is 8.97. The molecule has 0 aromatic heterocycles. The Balaban J connectivity index is 1.49. The molecular weight excluding hydrogens is 256 g/mol. The van der Waals surface area contributed by atoms with Gasteiger partial charge in [0, 0.05) is 5.25 Å². The second kappa shape index (κ2) is 3.35. The predicted octanol–water partition coefficient (Wildman–Crippen LogP) is 3.06. The molecule has 1 heterocycles. The van der Waals surface area contributed by atoms with E-state index < -0.39 is 0 Å². The Hall–Kier alpha value is -0.180. The lowest BCUT2D eigenvalue weighted by molar-refractivity contribution is -0.150. The Morgan fingerprint density at radius 2 is 2.00 bits per heavy atom. The zero-order valence-corrected chi connectivity index (χ0v) is 12.2. The van der Waals surface area contributed by atoms with Crippen molar-refractivity contribution in [3.63, 3.8) is 0 Å². The maximum atomic E-state index is 12.2. The standard InChI is InChI=1S/C16H22O2S/c17-14-15(1-2-18-14)7-11-5-10(15)8-16(11)6-9-3-12(16)13(19)4-9/h9-13,19H,1-8H2. The van der Waals surface area contributed by atoms with E-state index in [4.69, 9.17) is 17.4 Å². The molecule has 4 saturated carbocycles. The normalized spacial score (nSPS) is 61.7. The first-order valence-electron chi connectivity index (χ1n) is 7.99. The van der Waals surface area contributed by atoms with Gasteiger partial charge in [0.25, 0.3) is 0 Å². The highest BCUT2D eigenvalue weighted by molar-refractivity contribution is 7.81. The number of esters is 1. The Morgan fingerprint density at radius 1 is 1.11 bits per heavy atom. The molecule has 5 fully saturated rings. The van der Waals surface area contributed by atoms with Crippen molar-refractivity contribution in [3.8, 4) is 0 Å². The van der Waals surface area contributed by atoms with Crippen molar-refractivity contribution in [2.75, 3.05) is 6.61 Å². The fourth-order valence-electron chi connectivity index (χ4n) is 7.02. The van der Waals surface area contributed by atoms with Crippen LogP contribution < -0.4 is 0 Å². The van der Waals surface area contributed by atoms with Gasteiger partial charge in [-0.05, 0) is 74.0 Å². The first-order chi connectivity index (χ1) is 9.14. The van der Waals surface area contributed by atoms with Crippen LogP contribution in [-0.4, -0.2) is 17.8 Å². The van der Waals surface area contributed by atoms with Gasteiger partial charge in [0.2, 0.25) is 0 Å². The highest BCUT2D eigenvalue weighted by atomic mass is 32.1. The number of cyclic esters (lactones) is 1. The van der Waals surface area contributed by atoms with E-state index in [9.17, 15) is 4.79 Å². The molecule has 2 spiro atoms. The third-order valence-electron chi connectivity index (χ3n) is 7.62. The van der Waals surface area contributed by atoms with Crippen LogP contribution in [0.3, 0.4) is 0 Å². The van der Waals surface area contributed by atoms with Crippen molar-refractivity contribution in [1.82, 2.24) is 0 Å². The molecule has 0 amide bonds. The van der Waals surface area contributed by atoms with E-state index in [0.717, 1.165) is 30.6 Å². The van der Waals surface area contributed by atoms with E-state index in [1.165, 1.54) is 32.1 Å². The average Bonchev–Trinajstić information content (AvgIpc) is 3.11. The van der Waals surface area contributed by atoms with E-state index in [1.807, 2.05) is 0 Å². The average molecular weight is 278 g/mol. The van der Waals surface area contributed by atoms with Gasteiger partial charge in [0.05, 0.1) is 12.0 Å². The molecule has 2 nitrogen and oxygen atoms in total. The molecule has 3 heteroatoms. The zero-order valence-electron chi connectivity index (χ0n) is 11.3. The van der Waals surface area contributed by atoms with E-state index in [0.29, 0.717) is 23.2 Å². The van der Waals surface area contributed by atoms with Gasteiger partial charge in [0.15, 0.2) is 0 Å². The summed E-state index contributed by atoms with van der Waals surface area (Å²) < 4.78 is 5.32. The van der Waals surface area contributed by atoms with Gasteiger partial charge < -0.3 is 4.74 Å². The van der Waals surface area contributed by atoms with Gasteiger partial charge in [-0.1, -0.05) is 0 Å². The second-order valence-corrected chi connectivity index (χ2v) is 8.69. The number of ether oxygens (including phenoxy) is 1. The van der Waals surface area contributed by atoms with E-state index in [2.05, 4.69) is 0 Å². The van der Waals surface area contributed by atoms with Crippen LogP contribution in [0.2, 0.25) is 0 Å². The molecule has 0 aromatic rings. The maximum Gasteiger partial charge on any atom is 0.312 e. The Bertz CT molecular complexity index is 464. The molecule has 7 atom stereocenters. The van der Waals surface area contributed by atoms with Crippen LogP contribution in [-0.2, 0) is 9.53 Å². The van der Waals surface area contributed by atoms with Crippen LogP contribution in [0.25, 0.3) is 0 Å². The summed E-state index contributed by atoms with van der Waals surface area (Å²) in [6.45, 7) is 0.677. The van der Waals surface area contributed by atoms with E-state index >= 15 is 0 Å². The summed E-state index contributed by atoms with van der Waals surface area (Å²) in [7, 11) is 0. The van der Waals surface area contributed by atoms with Gasteiger partial charge in [-0.2, -0.15) is 12.6 Å². The third-order valence-corrected chi connectivity index (χ3v) is 8.19. The predicted molar refractivity (Wildman–Crippen MR) is 74.9 cm³/mol. The van der Waals surface area contributed by atoms with Gasteiger partial charge in [-0.3, -0.25) is 4.79 Å². The first kappa shape index (κ1) is 11.5. The lowest BCUT2D eigenvalue weighted by atomic mass is 9.57. The molecule has 1 aliphatic heterocycles. The molecule has 0 radical (unpaired) electrons. The second-order valence-electron chi connectivity index (χ2n) is 8.03. The molecule has 1 saturated heterocycles. The molecule has 104 valence electrons. The van der Waals surface area contributed by atoms with Crippen LogP contribution in [0.5, 0.6) is 0 Å². The van der Waals surface area contributed by atoms with Crippen molar-refractivity contribution in [3.05, 3.63) is 0 Å². The largest absolute Gasteiger partial charge is 0.465 e. The molecule has 0 N–H and O–H groups in total. The minimum absolute atomic E-state index is 0.0517. The van der Waals surface area contributed by atoms with Crippen LogP contribution in [0.15, 0.2) is 0 Å². The molecule has 4 aliphatic carbocycles. The van der Waals surface area contributed by atoms with Gasteiger partial charge in [-0.25, -0.2) is 0 Å². The number of thiol groups is 1. The van der Waals surface area contributed by atoms with E-state index in [-0.39, 0.29) is 11.4 Å². The quantitative estimate of drug-likeness (QED) is 0.544. The molecular formula is C16H22O2S. The van der Waals surface area contributed by atoms with Crippen molar-refractivity contribution < 1.29 is 9.53 Å². The number of fused-ring (bicyclic) bond motifs is 7.